The molecule has 0 unspecified atom stereocenters. The number of hydrogen-bond acceptors (Lipinski definition) is 5. The van der Waals surface area contributed by atoms with Crippen molar-refractivity contribution in [3.63, 3.8) is 0 Å². The standard InChI is InChI=1S/C7H8N2O2.C5H8O2/c8-5-1-4(7(10)11)2-6(9)3-5;1-3-5(6)7-4-2/h1-3H,8-9H2,(H,10,11);3H,1,4H2,2H3. The molecule has 0 aliphatic heterocycles. The third-order valence-electron chi connectivity index (χ3n) is 1.68. The second-order valence-corrected chi connectivity index (χ2v) is 3.15. The molecule has 0 aliphatic rings. The molecule has 6 heteroatoms. The molecule has 0 atom stereocenters. The number of aromatic carboxylic acids is 1. The number of benzene rings is 1. The highest BCUT2D eigenvalue weighted by molar-refractivity contribution is 5.90. The molecule has 0 spiro atoms. The van der Waals surface area contributed by atoms with Crippen LogP contribution >= 0.6 is 0 Å². The average Bonchev–Trinajstić information content (AvgIpc) is 2.28. The first-order chi connectivity index (χ1) is 8.40. The predicted molar refractivity (Wildman–Crippen MR) is 69.1 cm³/mol. The zero-order valence-electron chi connectivity index (χ0n) is 10.1. The molecule has 0 fully saturated rings. The number of hydrogen-bond donors (Lipinski definition) is 3. The van der Waals surface area contributed by atoms with Crippen molar-refractivity contribution in [2.24, 2.45) is 0 Å². The minimum absolute atomic E-state index is 0.113. The Balaban J connectivity index is 0.000000360. The van der Waals surface area contributed by atoms with Gasteiger partial charge < -0.3 is 21.3 Å². The van der Waals surface area contributed by atoms with Gasteiger partial charge in [0.15, 0.2) is 0 Å². The Kier molecular flexibility index (Phi) is 6.65. The van der Waals surface area contributed by atoms with E-state index in [1.165, 1.54) is 18.2 Å². The van der Waals surface area contributed by atoms with E-state index >= 15 is 0 Å². The lowest BCUT2D eigenvalue weighted by Gasteiger charge is -1.98. The SMILES string of the molecule is C=CC(=O)OCC.Nc1cc(N)cc(C(=O)O)c1. The summed E-state index contributed by atoms with van der Waals surface area (Å²) in [6.45, 7) is 5.38. The summed E-state index contributed by atoms with van der Waals surface area (Å²) in [7, 11) is 0. The van der Waals surface area contributed by atoms with Gasteiger partial charge in [-0.15, -0.1) is 0 Å². The van der Waals surface area contributed by atoms with Gasteiger partial charge in [-0.25, -0.2) is 9.59 Å². The second-order valence-electron chi connectivity index (χ2n) is 3.15. The van der Waals surface area contributed by atoms with Crippen LogP contribution in [0.15, 0.2) is 30.9 Å². The van der Waals surface area contributed by atoms with E-state index in [1.807, 2.05) is 0 Å². The summed E-state index contributed by atoms with van der Waals surface area (Å²) in [5.74, 6) is -1.38. The topological polar surface area (TPSA) is 116 Å². The van der Waals surface area contributed by atoms with E-state index in [0.29, 0.717) is 18.0 Å². The molecule has 5 N–H and O–H groups in total. The molecule has 0 radical (unpaired) electrons. The number of carboxylic acids is 1. The van der Waals surface area contributed by atoms with E-state index in [4.69, 9.17) is 16.6 Å². The van der Waals surface area contributed by atoms with Crippen molar-refractivity contribution in [1.82, 2.24) is 0 Å². The van der Waals surface area contributed by atoms with Crippen molar-refractivity contribution in [3.8, 4) is 0 Å². The van der Waals surface area contributed by atoms with Crippen molar-refractivity contribution in [2.45, 2.75) is 6.92 Å². The zero-order chi connectivity index (χ0) is 14.1. The second kappa shape index (κ2) is 7.72. The van der Waals surface area contributed by atoms with Crippen LogP contribution in [0.5, 0.6) is 0 Å². The summed E-state index contributed by atoms with van der Waals surface area (Å²) in [5.41, 5.74) is 11.5. The summed E-state index contributed by atoms with van der Waals surface area (Å²) in [6, 6.07) is 4.23. The molecule has 1 aromatic rings. The normalized spacial score (nSPS) is 8.72. The third kappa shape index (κ3) is 6.16. The fourth-order valence-corrected chi connectivity index (χ4v) is 1.00. The minimum atomic E-state index is -1.02. The number of rotatable bonds is 3. The lowest BCUT2D eigenvalue weighted by atomic mass is 10.2. The van der Waals surface area contributed by atoms with Gasteiger partial charge in [0.25, 0.3) is 0 Å². The van der Waals surface area contributed by atoms with Crippen molar-refractivity contribution in [3.05, 3.63) is 36.4 Å². The Bertz CT molecular complexity index is 423. The van der Waals surface area contributed by atoms with Crippen molar-refractivity contribution < 1.29 is 19.4 Å². The van der Waals surface area contributed by atoms with Crippen LogP contribution < -0.4 is 11.5 Å². The van der Waals surface area contributed by atoms with Crippen molar-refractivity contribution in [1.29, 1.82) is 0 Å². The molecule has 1 aromatic carbocycles. The Labute approximate surface area is 105 Å². The third-order valence-corrected chi connectivity index (χ3v) is 1.68. The van der Waals surface area contributed by atoms with E-state index in [1.54, 1.807) is 6.92 Å². The predicted octanol–water partition coefficient (Wildman–Crippen LogP) is 1.28. The van der Waals surface area contributed by atoms with Crippen LogP contribution in [0.3, 0.4) is 0 Å². The van der Waals surface area contributed by atoms with Gasteiger partial charge in [-0.05, 0) is 25.1 Å². The zero-order valence-corrected chi connectivity index (χ0v) is 10.1. The van der Waals surface area contributed by atoms with Gasteiger partial charge in [0.05, 0.1) is 12.2 Å². The summed E-state index contributed by atoms with van der Waals surface area (Å²) < 4.78 is 4.43. The van der Waals surface area contributed by atoms with Crippen LogP contribution in [-0.2, 0) is 9.53 Å². The number of esters is 1. The van der Waals surface area contributed by atoms with Crippen LogP contribution in [0.2, 0.25) is 0 Å². The molecule has 6 nitrogen and oxygen atoms in total. The van der Waals surface area contributed by atoms with Gasteiger partial charge in [-0.2, -0.15) is 0 Å². The van der Waals surface area contributed by atoms with Crippen LogP contribution in [0.1, 0.15) is 17.3 Å². The quantitative estimate of drug-likeness (QED) is 0.424. The molecule has 18 heavy (non-hydrogen) atoms. The highest BCUT2D eigenvalue weighted by atomic mass is 16.5. The van der Waals surface area contributed by atoms with Crippen LogP contribution in [0.4, 0.5) is 11.4 Å². The first-order valence-corrected chi connectivity index (χ1v) is 5.09. The van der Waals surface area contributed by atoms with Gasteiger partial charge in [0.2, 0.25) is 0 Å². The fourth-order valence-electron chi connectivity index (χ4n) is 1.00. The Morgan fingerprint density at radius 1 is 1.33 bits per heavy atom. The summed E-state index contributed by atoms with van der Waals surface area (Å²) in [4.78, 5) is 20.5. The van der Waals surface area contributed by atoms with Gasteiger partial charge in [-0.1, -0.05) is 6.58 Å². The van der Waals surface area contributed by atoms with Crippen molar-refractivity contribution in [2.75, 3.05) is 18.1 Å². The summed E-state index contributed by atoms with van der Waals surface area (Å²) >= 11 is 0. The van der Waals surface area contributed by atoms with E-state index in [2.05, 4.69) is 11.3 Å². The number of carbonyl (C=O) groups is 2. The maximum atomic E-state index is 10.4. The maximum absolute atomic E-state index is 10.4. The first-order valence-electron chi connectivity index (χ1n) is 5.09. The molecule has 98 valence electrons. The minimum Gasteiger partial charge on any atom is -0.478 e. The van der Waals surface area contributed by atoms with Crippen LogP contribution in [0, 0.1) is 0 Å². The smallest absolute Gasteiger partial charge is 0.335 e. The molecular weight excluding hydrogens is 236 g/mol. The van der Waals surface area contributed by atoms with E-state index < -0.39 is 5.97 Å². The van der Waals surface area contributed by atoms with Crippen LogP contribution in [-0.4, -0.2) is 23.7 Å². The molecule has 0 aliphatic carbocycles. The molecular formula is C12H16N2O4. The van der Waals surface area contributed by atoms with Gasteiger partial charge in [-0.3, -0.25) is 0 Å². The number of ether oxygens (including phenoxy) is 1. The monoisotopic (exact) mass is 252 g/mol. The molecule has 0 saturated carbocycles. The highest BCUT2D eigenvalue weighted by Crippen LogP contribution is 2.12. The van der Waals surface area contributed by atoms with Gasteiger partial charge in [0.1, 0.15) is 0 Å². The highest BCUT2D eigenvalue weighted by Gasteiger charge is 2.02. The largest absolute Gasteiger partial charge is 0.478 e. The van der Waals surface area contributed by atoms with Crippen LogP contribution in [0.25, 0.3) is 0 Å². The first kappa shape index (κ1) is 15.5. The van der Waals surface area contributed by atoms with E-state index in [9.17, 15) is 9.59 Å². The maximum Gasteiger partial charge on any atom is 0.335 e. The number of carboxylic acid groups (broad SMARTS) is 1. The Morgan fingerprint density at radius 3 is 2.11 bits per heavy atom. The number of nitrogens with two attached hydrogens (primary N) is 2. The molecule has 0 heterocycles. The lowest BCUT2D eigenvalue weighted by Crippen LogP contribution is -1.99. The number of anilines is 2. The number of carbonyl (C=O) groups excluding carboxylic acids is 1. The number of nitrogen functional groups attached to an aromatic ring is 2. The summed E-state index contributed by atoms with van der Waals surface area (Å²) in [6.07, 6.45) is 1.14. The lowest BCUT2D eigenvalue weighted by molar-refractivity contribution is -0.137. The molecule has 0 bridgehead atoms. The molecule has 1 rings (SSSR count). The fraction of sp³-hybridized carbons (Fsp3) is 0.167. The van der Waals surface area contributed by atoms with Crippen molar-refractivity contribution >= 4 is 23.3 Å². The molecule has 0 aromatic heterocycles. The Hall–Kier alpha value is -2.50. The van der Waals surface area contributed by atoms with Gasteiger partial charge >= 0.3 is 11.9 Å². The van der Waals surface area contributed by atoms with E-state index in [0.717, 1.165) is 6.08 Å². The molecule has 0 amide bonds. The average molecular weight is 252 g/mol. The van der Waals surface area contributed by atoms with E-state index in [-0.39, 0.29) is 11.5 Å². The molecule has 0 saturated heterocycles. The van der Waals surface area contributed by atoms with Gasteiger partial charge in [0, 0.05) is 17.5 Å². The Morgan fingerprint density at radius 2 is 1.83 bits per heavy atom. The summed E-state index contributed by atoms with van der Waals surface area (Å²) in [5, 5.41) is 8.52.